The molecule has 3 aromatic rings. The number of hydrogen-bond acceptors (Lipinski definition) is 8. The Morgan fingerprint density at radius 2 is 0.667 bits per heavy atom. The Bertz CT molecular complexity index is 1460. The van der Waals surface area contributed by atoms with Crippen LogP contribution in [0.5, 0.6) is 0 Å². The van der Waals surface area contributed by atoms with Crippen LogP contribution in [0.15, 0.2) is 91.0 Å². The molecule has 3 aromatic carbocycles. The molecular formula is C38H47N3O10. The zero-order chi connectivity index (χ0) is 37.2. The van der Waals surface area contributed by atoms with Gasteiger partial charge in [-0.25, -0.2) is 0 Å². The van der Waals surface area contributed by atoms with E-state index in [9.17, 15) is 49.5 Å². The summed E-state index contributed by atoms with van der Waals surface area (Å²) in [6.45, 7) is -1.60. The van der Waals surface area contributed by atoms with Gasteiger partial charge >= 0.3 is 29.8 Å². The number of carboxylic acids is 5. The topological polar surface area (TPSA) is 196 Å². The van der Waals surface area contributed by atoms with Crippen molar-refractivity contribution >= 4 is 29.8 Å². The van der Waals surface area contributed by atoms with Gasteiger partial charge in [-0.2, -0.15) is 0 Å². The minimum atomic E-state index is -1.25. The number of carboxylic acid groups (broad SMARTS) is 5. The molecule has 0 radical (unpaired) electrons. The molecule has 0 aliphatic heterocycles. The Kier molecular flexibility index (Phi) is 16.7. The molecule has 0 aliphatic carbocycles. The van der Waals surface area contributed by atoms with Crippen LogP contribution in [-0.4, -0.2) is 127 Å². The summed E-state index contributed by atoms with van der Waals surface area (Å²) in [5.74, 6) is -6.09. The number of aliphatic carboxylic acids is 5. The highest BCUT2D eigenvalue weighted by molar-refractivity contribution is 5.76. The van der Waals surface area contributed by atoms with E-state index in [2.05, 4.69) is 0 Å². The zero-order valence-corrected chi connectivity index (χ0v) is 28.5. The van der Waals surface area contributed by atoms with Crippen molar-refractivity contribution < 1.29 is 49.5 Å². The van der Waals surface area contributed by atoms with E-state index in [1.807, 2.05) is 91.0 Å². The SMILES string of the molecule is O=C(O)CN(CCN(CCN(CC(=O)O)[C@@H](CCc1ccccc1)C(=O)O)[C@@H](CCc1ccccc1)C(=O)O)C(CCc1ccccc1)C(=O)O. The number of carbonyl (C=O) groups is 5. The van der Waals surface area contributed by atoms with Crippen LogP contribution in [0.25, 0.3) is 0 Å². The van der Waals surface area contributed by atoms with Gasteiger partial charge in [0.2, 0.25) is 0 Å². The van der Waals surface area contributed by atoms with Crippen LogP contribution < -0.4 is 0 Å². The first-order valence-electron chi connectivity index (χ1n) is 16.9. The van der Waals surface area contributed by atoms with Crippen molar-refractivity contribution in [2.24, 2.45) is 0 Å². The first-order chi connectivity index (χ1) is 24.4. The Morgan fingerprint density at radius 3 is 0.922 bits per heavy atom. The van der Waals surface area contributed by atoms with E-state index >= 15 is 0 Å². The number of benzene rings is 3. The van der Waals surface area contributed by atoms with Gasteiger partial charge in [-0.3, -0.25) is 38.7 Å². The molecule has 0 fully saturated rings. The highest BCUT2D eigenvalue weighted by atomic mass is 16.4. The quantitative estimate of drug-likeness (QED) is 0.0862. The normalized spacial score (nSPS) is 13.2. The van der Waals surface area contributed by atoms with E-state index in [1.54, 1.807) is 4.90 Å². The van der Waals surface area contributed by atoms with E-state index in [4.69, 9.17) is 0 Å². The molecule has 0 aromatic heterocycles. The Labute approximate surface area is 297 Å². The average Bonchev–Trinajstić information content (AvgIpc) is 3.09. The third-order valence-corrected chi connectivity index (χ3v) is 8.85. The number of aryl methyl sites for hydroxylation is 3. The van der Waals surface area contributed by atoms with Gasteiger partial charge in [-0.1, -0.05) is 91.0 Å². The molecule has 0 saturated heterocycles. The molecule has 0 bridgehead atoms. The summed E-state index contributed by atoms with van der Waals surface area (Å²) in [7, 11) is 0. The monoisotopic (exact) mass is 705 g/mol. The molecule has 1 unspecified atom stereocenters. The standard InChI is InChI=1S/C38H47N3O10/c42-34(43)26-40(32(37(48)49)20-17-29-12-6-2-7-13-29)24-22-39(31(36(46)47)19-16-28-10-4-1-5-11-28)23-25-41(27-35(44)45)33(38(50)51)21-18-30-14-8-3-9-15-30/h1-15,31-33H,16-27H2,(H,42,43)(H,44,45)(H,46,47)(H,48,49)(H,50,51)/t31-,32-,33?/m0/s1. The van der Waals surface area contributed by atoms with Crippen molar-refractivity contribution in [3.63, 3.8) is 0 Å². The summed E-state index contributed by atoms with van der Waals surface area (Å²) < 4.78 is 0. The van der Waals surface area contributed by atoms with Gasteiger partial charge in [0.05, 0.1) is 13.1 Å². The maximum Gasteiger partial charge on any atom is 0.320 e. The number of rotatable bonds is 25. The fraction of sp³-hybridized carbons (Fsp3) is 0.395. The fourth-order valence-corrected chi connectivity index (χ4v) is 6.21. The third-order valence-electron chi connectivity index (χ3n) is 8.85. The summed E-state index contributed by atoms with van der Waals surface area (Å²) in [6, 6.07) is 24.1. The van der Waals surface area contributed by atoms with Crippen LogP contribution in [0.1, 0.15) is 36.0 Å². The summed E-state index contributed by atoms with van der Waals surface area (Å²) in [5.41, 5.74) is 2.65. The van der Waals surface area contributed by atoms with Gasteiger partial charge < -0.3 is 25.5 Å². The maximum atomic E-state index is 12.8. The van der Waals surface area contributed by atoms with E-state index < -0.39 is 61.1 Å². The molecule has 0 saturated carbocycles. The fourth-order valence-electron chi connectivity index (χ4n) is 6.21. The van der Waals surface area contributed by atoms with Crippen molar-refractivity contribution in [2.45, 2.75) is 56.7 Å². The van der Waals surface area contributed by atoms with Crippen LogP contribution in [0.4, 0.5) is 0 Å². The molecule has 0 amide bonds. The number of hydrogen-bond donors (Lipinski definition) is 5. The maximum absolute atomic E-state index is 12.8. The lowest BCUT2D eigenvalue weighted by Crippen LogP contribution is -2.53. The van der Waals surface area contributed by atoms with Gasteiger partial charge in [-0.05, 0) is 55.2 Å². The van der Waals surface area contributed by atoms with Crippen LogP contribution in [0, 0.1) is 0 Å². The van der Waals surface area contributed by atoms with Gasteiger partial charge in [0, 0.05) is 26.2 Å². The predicted molar refractivity (Wildman–Crippen MR) is 189 cm³/mol. The summed E-state index contributed by atoms with van der Waals surface area (Å²) in [6.07, 6.45) is 1.49. The number of nitrogens with zero attached hydrogens (tertiary/aromatic N) is 3. The van der Waals surface area contributed by atoms with E-state index in [0.29, 0.717) is 19.3 Å². The summed E-state index contributed by atoms with van der Waals surface area (Å²) in [4.78, 5) is 65.7. The van der Waals surface area contributed by atoms with Gasteiger partial charge in [0.25, 0.3) is 0 Å². The molecule has 0 heterocycles. The molecule has 3 rings (SSSR count). The molecule has 3 atom stereocenters. The van der Waals surface area contributed by atoms with Crippen LogP contribution in [0.3, 0.4) is 0 Å². The van der Waals surface area contributed by atoms with Gasteiger partial charge in [0.15, 0.2) is 0 Å². The molecule has 0 spiro atoms. The largest absolute Gasteiger partial charge is 0.480 e. The van der Waals surface area contributed by atoms with E-state index in [0.717, 1.165) is 16.7 Å². The van der Waals surface area contributed by atoms with Crippen molar-refractivity contribution in [1.29, 1.82) is 0 Å². The Morgan fingerprint density at radius 1 is 0.412 bits per heavy atom. The molecular weight excluding hydrogens is 658 g/mol. The van der Waals surface area contributed by atoms with Crippen LogP contribution in [0.2, 0.25) is 0 Å². The van der Waals surface area contributed by atoms with E-state index in [1.165, 1.54) is 9.80 Å². The van der Waals surface area contributed by atoms with Crippen molar-refractivity contribution in [3.8, 4) is 0 Å². The van der Waals surface area contributed by atoms with Crippen molar-refractivity contribution in [3.05, 3.63) is 108 Å². The zero-order valence-electron chi connectivity index (χ0n) is 28.5. The smallest absolute Gasteiger partial charge is 0.320 e. The first-order valence-corrected chi connectivity index (χ1v) is 16.9. The molecule has 51 heavy (non-hydrogen) atoms. The minimum Gasteiger partial charge on any atom is -0.480 e. The average molecular weight is 706 g/mol. The lowest BCUT2D eigenvalue weighted by Gasteiger charge is -2.35. The molecule has 274 valence electrons. The second-order valence-electron chi connectivity index (χ2n) is 12.4. The summed E-state index contributed by atoms with van der Waals surface area (Å²) >= 11 is 0. The van der Waals surface area contributed by atoms with Crippen LogP contribution >= 0.6 is 0 Å². The first kappa shape index (κ1) is 40.3. The highest BCUT2D eigenvalue weighted by Crippen LogP contribution is 2.17. The predicted octanol–water partition coefficient (Wildman–Crippen LogP) is 3.32. The Balaban J connectivity index is 1.88. The molecule has 13 heteroatoms. The highest BCUT2D eigenvalue weighted by Gasteiger charge is 2.33. The second-order valence-corrected chi connectivity index (χ2v) is 12.4. The van der Waals surface area contributed by atoms with Gasteiger partial charge in [0.1, 0.15) is 18.1 Å². The minimum absolute atomic E-state index is 0.0726. The van der Waals surface area contributed by atoms with E-state index in [-0.39, 0.29) is 45.4 Å². The molecule has 13 nitrogen and oxygen atoms in total. The second kappa shape index (κ2) is 21.2. The third kappa shape index (κ3) is 14.3. The lowest BCUT2D eigenvalue weighted by atomic mass is 10.0. The van der Waals surface area contributed by atoms with Crippen molar-refractivity contribution in [1.82, 2.24) is 14.7 Å². The summed E-state index contributed by atoms with van der Waals surface area (Å²) in [5, 5.41) is 50.2. The molecule has 5 N–H and O–H groups in total. The Hall–Kier alpha value is -5.11. The lowest BCUT2D eigenvalue weighted by molar-refractivity contribution is -0.149. The van der Waals surface area contributed by atoms with Crippen LogP contribution in [-0.2, 0) is 43.2 Å². The van der Waals surface area contributed by atoms with Crippen molar-refractivity contribution in [2.75, 3.05) is 39.3 Å². The molecule has 0 aliphatic rings. The van der Waals surface area contributed by atoms with Gasteiger partial charge in [-0.15, -0.1) is 0 Å².